The Morgan fingerprint density at radius 3 is 1.87 bits per heavy atom. The predicted molar refractivity (Wildman–Crippen MR) is 259 cm³/mol. The molecule has 0 fully saturated rings. The van der Waals surface area contributed by atoms with Crippen LogP contribution in [0.15, 0.2) is 97.2 Å². The van der Waals surface area contributed by atoms with Gasteiger partial charge < -0.3 is 52.7 Å². The van der Waals surface area contributed by atoms with Crippen LogP contribution in [0, 0.1) is 6.92 Å². The summed E-state index contributed by atoms with van der Waals surface area (Å²) < 4.78 is 57.7. The van der Waals surface area contributed by atoms with Crippen LogP contribution in [0.3, 0.4) is 0 Å². The Morgan fingerprint density at radius 1 is 0.647 bits per heavy atom. The smallest absolute Gasteiger partial charge is 0.324 e. The van der Waals surface area contributed by atoms with Gasteiger partial charge in [-0.05, 0) is 54.8 Å². The highest BCUT2D eigenvalue weighted by Gasteiger charge is 2.17. The molecule has 0 spiro atoms. The Balaban J connectivity index is 0.924. The van der Waals surface area contributed by atoms with Crippen LogP contribution in [0.25, 0.3) is 16.5 Å². The van der Waals surface area contributed by atoms with Gasteiger partial charge in [0.2, 0.25) is 5.88 Å². The SMILES string of the molecule is COCCOCCOCCOCCOCCOCCOCCOc1cc(Cc2nccc(Oc3ccc(NC(=O)Nc4cc(C(C)C)nn4-c4ccc(C)cc4)c4ccccc34)n2)cc(OC)c1. The molecule has 17 heteroatoms. The number of fused-ring (bicyclic) bond motifs is 1. The van der Waals surface area contributed by atoms with Gasteiger partial charge in [-0.3, -0.25) is 5.32 Å². The summed E-state index contributed by atoms with van der Waals surface area (Å²) in [4.78, 5) is 22.8. The Bertz CT molecular complexity index is 2430. The number of hydrogen-bond donors (Lipinski definition) is 2. The van der Waals surface area contributed by atoms with Gasteiger partial charge in [0, 0.05) is 48.7 Å². The van der Waals surface area contributed by atoms with E-state index in [4.69, 9.17) is 57.5 Å². The lowest BCUT2D eigenvalue weighted by Gasteiger charge is -2.14. The molecule has 0 radical (unpaired) electrons. The second-order valence-electron chi connectivity index (χ2n) is 15.7. The number of ether oxygens (including phenoxy) is 10. The molecule has 0 aliphatic carbocycles. The van der Waals surface area contributed by atoms with E-state index in [1.165, 1.54) is 0 Å². The summed E-state index contributed by atoms with van der Waals surface area (Å²) in [7, 11) is 3.25. The van der Waals surface area contributed by atoms with Crippen molar-refractivity contribution in [2.45, 2.75) is 33.1 Å². The zero-order valence-corrected chi connectivity index (χ0v) is 39.7. The number of carbonyl (C=O) groups excluding carboxylic acids is 1. The van der Waals surface area contributed by atoms with Crippen LogP contribution in [0.4, 0.5) is 16.3 Å². The van der Waals surface area contributed by atoms with Crippen molar-refractivity contribution in [3.05, 3.63) is 120 Å². The Hall–Kier alpha value is -6.18. The van der Waals surface area contributed by atoms with Gasteiger partial charge in [-0.25, -0.2) is 14.5 Å². The third-order valence-electron chi connectivity index (χ3n) is 10.2. The number of rotatable bonds is 31. The van der Waals surface area contributed by atoms with Gasteiger partial charge in [-0.15, -0.1) is 0 Å². The van der Waals surface area contributed by atoms with Crippen molar-refractivity contribution in [3.8, 4) is 28.8 Å². The normalized spacial score (nSPS) is 11.3. The summed E-state index contributed by atoms with van der Waals surface area (Å²) in [5, 5.41) is 12.4. The Kier molecular flexibility index (Phi) is 21.3. The first-order valence-corrected chi connectivity index (χ1v) is 22.8. The van der Waals surface area contributed by atoms with Crippen molar-refractivity contribution in [2.75, 3.05) is 117 Å². The van der Waals surface area contributed by atoms with Crippen LogP contribution in [0.5, 0.6) is 23.1 Å². The molecular formula is C51H64N6O11. The van der Waals surface area contributed by atoms with E-state index in [-0.39, 0.29) is 5.92 Å². The molecule has 0 aliphatic rings. The van der Waals surface area contributed by atoms with Crippen molar-refractivity contribution >= 4 is 28.3 Å². The molecule has 0 bridgehead atoms. The van der Waals surface area contributed by atoms with E-state index in [0.717, 1.165) is 33.3 Å². The number of nitrogens with one attached hydrogen (secondary N) is 2. The molecular weight excluding hydrogens is 873 g/mol. The molecule has 68 heavy (non-hydrogen) atoms. The van der Waals surface area contributed by atoms with Crippen LogP contribution in [0.2, 0.25) is 0 Å². The predicted octanol–water partition coefficient (Wildman–Crippen LogP) is 8.41. The van der Waals surface area contributed by atoms with Gasteiger partial charge in [0.25, 0.3) is 0 Å². The molecule has 0 atom stereocenters. The molecule has 4 aromatic carbocycles. The fourth-order valence-corrected chi connectivity index (χ4v) is 6.71. The van der Waals surface area contributed by atoms with Crippen molar-refractivity contribution in [1.82, 2.24) is 19.7 Å². The van der Waals surface area contributed by atoms with Gasteiger partial charge in [0.05, 0.1) is 110 Å². The van der Waals surface area contributed by atoms with E-state index in [9.17, 15) is 4.79 Å². The maximum Gasteiger partial charge on any atom is 0.324 e. The molecule has 2 aromatic heterocycles. The molecule has 2 amide bonds. The van der Waals surface area contributed by atoms with Crippen molar-refractivity contribution < 1.29 is 52.2 Å². The number of urea groups is 1. The average Bonchev–Trinajstić information content (AvgIpc) is 3.77. The number of methoxy groups -OCH3 is 2. The van der Waals surface area contributed by atoms with Crippen LogP contribution >= 0.6 is 0 Å². The third kappa shape index (κ3) is 16.9. The quantitative estimate of drug-likeness (QED) is 0.0397. The third-order valence-corrected chi connectivity index (χ3v) is 10.2. The van der Waals surface area contributed by atoms with E-state index in [2.05, 4.69) is 29.5 Å². The van der Waals surface area contributed by atoms with E-state index >= 15 is 0 Å². The molecule has 364 valence electrons. The summed E-state index contributed by atoms with van der Waals surface area (Å²) in [6.07, 6.45) is 2.06. The van der Waals surface area contributed by atoms with E-state index in [1.54, 1.807) is 31.2 Å². The fourth-order valence-electron chi connectivity index (χ4n) is 6.71. The first-order chi connectivity index (χ1) is 33.3. The molecule has 6 aromatic rings. The maximum atomic E-state index is 13.5. The highest BCUT2D eigenvalue weighted by atomic mass is 16.6. The minimum absolute atomic E-state index is 0.174. The minimum Gasteiger partial charge on any atom is -0.497 e. The number of hydrogen-bond acceptors (Lipinski definition) is 14. The molecule has 17 nitrogen and oxygen atoms in total. The first kappa shape index (κ1) is 51.2. The summed E-state index contributed by atoms with van der Waals surface area (Å²) in [6.45, 7) is 12.9. The van der Waals surface area contributed by atoms with Crippen LogP contribution < -0.4 is 24.8 Å². The number of nitrogens with zero attached hydrogens (tertiary/aromatic N) is 4. The zero-order valence-electron chi connectivity index (χ0n) is 39.7. The maximum absolute atomic E-state index is 13.5. The number of benzene rings is 4. The van der Waals surface area contributed by atoms with Gasteiger partial charge in [-0.1, -0.05) is 55.8 Å². The zero-order chi connectivity index (χ0) is 47.8. The summed E-state index contributed by atoms with van der Waals surface area (Å²) in [5.74, 6) is 3.50. The second kappa shape index (κ2) is 28.2. The van der Waals surface area contributed by atoms with E-state index < -0.39 is 6.03 Å². The minimum atomic E-state index is -0.402. The van der Waals surface area contributed by atoms with Crippen LogP contribution in [-0.2, 0) is 39.6 Å². The standard InChI is InChI=1S/C51H64N6O11/c1-37(2)46-36-49(57(56-46)40-12-10-38(3)11-13-40)55-51(58)53-45-14-15-47(44-9-7-6-8-43(44)45)68-50-16-17-52-48(54-50)34-39-32-41(60-5)35-42(33-39)67-31-30-66-29-28-65-27-26-64-25-24-63-23-22-62-21-20-61-19-18-59-4/h6-17,32-33,35-37H,18-31,34H2,1-5H3,(H2,53,55,58). The molecule has 0 aliphatic heterocycles. The lowest BCUT2D eigenvalue weighted by molar-refractivity contribution is -0.0199. The Labute approximate surface area is 398 Å². The van der Waals surface area contributed by atoms with Gasteiger partial charge in [0.15, 0.2) is 0 Å². The van der Waals surface area contributed by atoms with E-state index in [1.807, 2.05) is 91.9 Å². The topological polar surface area (TPSA) is 177 Å². The summed E-state index contributed by atoms with van der Waals surface area (Å²) >= 11 is 0. The molecule has 0 saturated heterocycles. The van der Waals surface area contributed by atoms with E-state index in [0.29, 0.717) is 139 Å². The number of anilines is 2. The molecule has 2 N–H and O–H groups in total. The molecule has 0 unspecified atom stereocenters. The largest absolute Gasteiger partial charge is 0.497 e. The monoisotopic (exact) mass is 936 g/mol. The van der Waals surface area contributed by atoms with Crippen LogP contribution in [-0.4, -0.2) is 132 Å². The average molecular weight is 937 g/mol. The number of amides is 2. The van der Waals surface area contributed by atoms with Crippen LogP contribution in [0.1, 0.15) is 42.4 Å². The van der Waals surface area contributed by atoms with Gasteiger partial charge >= 0.3 is 6.03 Å². The van der Waals surface area contributed by atoms with Crippen molar-refractivity contribution in [2.24, 2.45) is 0 Å². The fraction of sp³-hybridized carbons (Fsp3) is 0.412. The van der Waals surface area contributed by atoms with Gasteiger partial charge in [0.1, 0.15) is 35.5 Å². The number of aromatic nitrogens is 4. The molecule has 2 heterocycles. The Morgan fingerprint density at radius 2 is 1.25 bits per heavy atom. The lowest BCUT2D eigenvalue weighted by Crippen LogP contribution is -2.21. The molecule has 6 rings (SSSR count). The summed E-state index contributed by atoms with van der Waals surface area (Å²) in [5.41, 5.74) is 4.36. The first-order valence-electron chi connectivity index (χ1n) is 22.8. The highest BCUT2D eigenvalue weighted by molar-refractivity contribution is 6.07. The number of aryl methyl sites for hydroxylation is 1. The lowest BCUT2D eigenvalue weighted by atomic mass is 10.1. The second-order valence-corrected chi connectivity index (χ2v) is 15.7. The van der Waals surface area contributed by atoms with Crippen molar-refractivity contribution in [3.63, 3.8) is 0 Å². The van der Waals surface area contributed by atoms with Gasteiger partial charge in [-0.2, -0.15) is 10.1 Å². The summed E-state index contributed by atoms with van der Waals surface area (Å²) in [6, 6.07) is 28.2. The van der Waals surface area contributed by atoms with Crippen molar-refractivity contribution in [1.29, 1.82) is 0 Å². The number of carbonyl (C=O) groups is 1. The molecule has 0 saturated carbocycles. The highest BCUT2D eigenvalue weighted by Crippen LogP contribution is 2.34.